The van der Waals surface area contributed by atoms with Gasteiger partial charge in [0.1, 0.15) is 17.3 Å². The zero-order valence-electron chi connectivity index (χ0n) is 22.2. The lowest BCUT2D eigenvalue weighted by Gasteiger charge is -2.24. The van der Waals surface area contributed by atoms with Gasteiger partial charge in [-0.1, -0.05) is 35.6 Å². The highest BCUT2D eigenvalue weighted by atomic mass is 32.1. The van der Waals surface area contributed by atoms with Crippen molar-refractivity contribution in [2.75, 3.05) is 13.7 Å². The van der Waals surface area contributed by atoms with Crippen LogP contribution in [-0.4, -0.2) is 29.2 Å². The molecular formula is C29H25N3O7S. The van der Waals surface area contributed by atoms with E-state index in [2.05, 4.69) is 4.99 Å². The number of furan rings is 1. The van der Waals surface area contributed by atoms with E-state index in [0.29, 0.717) is 49.0 Å². The molecule has 1 atom stereocenters. The average molecular weight is 560 g/mol. The molecule has 1 aliphatic heterocycles. The van der Waals surface area contributed by atoms with Crippen LogP contribution in [0, 0.1) is 17.0 Å². The van der Waals surface area contributed by atoms with Gasteiger partial charge in [-0.2, -0.15) is 0 Å². The first-order chi connectivity index (χ1) is 19.2. The van der Waals surface area contributed by atoms with E-state index in [9.17, 15) is 19.7 Å². The predicted molar refractivity (Wildman–Crippen MR) is 149 cm³/mol. The van der Waals surface area contributed by atoms with Gasteiger partial charge in [-0.15, -0.1) is 0 Å². The van der Waals surface area contributed by atoms with Gasteiger partial charge in [0.25, 0.3) is 11.2 Å². The Balaban J connectivity index is 1.61. The van der Waals surface area contributed by atoms with E-state index in [-0.39, 0.29) is 23.4 Å². The second kappa shape index (κ2) is 10.8. The lowest BCUT2D eigenvalue weighted by atomic mass is 9.96. The standard InChI is InChI=1S/C29H25N3O7S/c1-5-38-28(34)25-17(3)30-29-31(26(25)18-8-10-20(37-4)11-9-18)27(33)24(40-29)15-21-12-13-23(39-21)19-7-6-16(2)22(14-19)32(35)36/h6-15,26H,5H2,1-4H3/b24-15+/t26-/m1/s1. The number of allylic oxidation sites excluding steroid dienone is 1. The van der Waals surface area contributed by atoms with Gasteiger partial charge >= 0.3 is 5.97 Å². The normalized spacial score (nSPS) is 15.0. The number of ether oxygens (including phenoxy) is 2. The number of nitrogens with zero attached hydrogens (tertiary/aromatic N) is 3. The van der Waals surface area contributed by atoms with E-state index in [1.54, 1.807) is 82.5 Å². The number of aromatic nitrogens is 1. The van der Waals surface area contributed by atoms with Gasteiger partial charge in [-0.25, -0.2) is 9.79 Å². The Morgan fingerprint density at radius 2 is 1.93 bits per heavy atom. The Hall–Kier alpha value is -4.77. The summed E-state index contributed by atoms with van der Waals surface area (Å²) in [6.45, 7) is 5.29. The first-order valence-electron chi connectivity index (χ1n) is 12.4. The number of hydrogen-bond donors (Lipinski definition) is 0. The summed E-state index contributed by atoms with van der Waals surface area (Å²) < 4.78 is 18.4. The third-order valence-corrected chi connectivity index (χ3v) is 7.52. The Morgan fingerprint density at radius 1 is 1.18 bits per heavy atom. The number of esters is 1. The van der Waals surface area contributed by atoms with Crippen LogP contribution in [0.15, 0.2) is 80.1 Å². The SMILES string of the molecule is CCOC(=O)C1=C(C)N=c2s/c(=C/c3ccc(-c4ccc(C)c([N+](=O)[O-])c4)o3)c(=O)n2[C@@H]1c1ccc(OC)cc1. The molecular weight excluding hydrogens is 534 g/mol. The molecule has 0 saturated carbocycles. The van der Waals surface area contributed by atoms with E-state index in [1.807, 2.05) is 0 Å². The Labute approximate surface area is 232 Å². The molecule has 0 unspecified atom stereocenters. The van der Waals surface area contributed by atoms with Gasteiger partial charge in [-0.3, -0.25) is 19.5 Å². The molecule has 5 rings (SSSR count). The lowest BCUT2D eigenvalue weighted by Crippen LogP contribution is -2.39. The number of benzene rings is 2. The first-order valence-corrected chi connectivity index (χ1v) is 13.2. The molecule has 0 amide bonds. The highest BCUT2D eigenvalue weighted by Gasteiger charge is 2.33. The minimum atomic E-state index is -0.747. The second-order valence-corrected chi connectivity index (χ2v) is 10.0. The van der Waals surface area contributed by atoms with Gasteiger partial charge in [-0.05, 0) is 50.6 Å². The van der Waals surface area contributed by atoms with E-state index in [1.165, 1.54) is 22.0 Å². The van der Waals surface area contributed by atoms with Crippen molar-refractivity contribution in [1.82, 2.24) is 4.57 Å². The number of nitro benzene ring substituents is 1. The molecule has 0 bridgehead atoms. The molecule has 0 N–H and O–H groups in total. The number of aryl methyl sites for hydroxylation is 1. The number of fused-ring (bicyclic) bond motifs is 1. The molecule has 204 valence electrons. The largest absolute Gasteiger partial charge is 0.497 e. The summed E-state index contributed by atoms with van der Waals surface area (Å²) in [5.41, 5.74) is 2.20. The van der Waals surface area contributed by atoms with E-state index < -0.39 is 16.9 Å². The predicted octanol–water partition coefficient (Wildman–Crippen LogP) is 4.28. The monoisotopic (exact) mass is 559 g/mol. The number of carbonyl (C=O) groups is 1. The summed E-state index contributed by atoms with van der Waals surface area (Å²) in [4.78, 5) is 42.7. The minimum Gasteiger partial charge on any atom is -0.497 e. The van der Waals surface area contributed by atoms with Gasteiger partial charge in [0, 0.05) is 23.3 Å². The van der Waals surface area contributed by atoms with Crippen molar-refractivity contribution in [2.45, 2.75) is 26.8 Å². The highest BCUT2D eigenvalue weighted by molar-refractivity contribution is 7.07. The molecule has 0 fully saturated rings. The number of methoxy groups -OCH3 is 1. The van der Waals surface area contributed by atoms with Crippen LogP contribution in [0.5, 0.6) is 5.75 Å². The number of thiazole rings is 1. The van der Waals surface area contributed by atoms with Crippen LogP contribution in [-0.2, 0) is 9.53 Å². The molecule has 0 spiro atoms. The fourth-order valence-corrected chi connectivity index (χ4v) is 5.59. The van der Waals surface area contributed by atoms with E-state index in [4.69, 9.17) is 13.9 Å². The fourth-order valence-electron chi connectivity index (χ4n) is 4.57. The molecule has 1 aliphatic rings. The smallest absolute Gasteiger partial charge is 0.338 e. The van der Waals surface area contributed by atoms with Crippen LogP contribution >= 0.6 is 11.3 Å². The zero-order chi connectivity index (χ0) is 28.6. The summed E-state index contributed by atoms with van der Waals surface area (Å²) in [5, 5.41) is 11.4. The van der Waals surface area contributed by atoms with Crippen LogP contribution in [0.4, 0.5) is 5.69 Å². The van der Waals surface area contributed by atoms with Crippen LogP contribution < -0.4 is 19.6 Å². The quantitative estimate of drug-likeness (QED) is 0.188. The maximum absolute atomic E-state index is 13.8. The molecule has 0 saturated heterocycles. The molecule has 0 aliphatic carbocycles. The second-order valence-electron chi connectivity index (χ2n) is 9.04. The zero-order valence-corrected chi connectivity index (χ0v) is 23.0. The van der Waals surface area contributed by atoms with Crippen LogP contribution in [0.3, 0.4) is 0 Å². The number of rotatable bonds is 7. The summed E-state index contributed by atoms with van der Waals surface area (Å²) in [6, 6.07) is 14.6. The minimum absolute atomic E-state index is 0.00457. The van der Waals surface area contributed by atoms with Gasteiger partial charge in [0.05, 0.1) is 40.5 Å². The van der Waals surface area contributed by atoms with Crippen molar-refractivity contribution in [3.63, 3.8) is 0 Å². The molecule has 11 heteroatoms. The maximum Gasteiger partial charge on any atom is 0.338 e. The summed E-state index contributed by atoms with van der Waals surface area (Å²) in [7, 11) is 1.56. The molecule has 2 aromatic heterocycles. The van der Waals surface area contributed by atoms with Crippen molar-refractivity contribution in [1.29, 1.82) is 0 Å². The average Bonchev–Trinajstić information content (AvgIpc) is 3.52. The van der Waals surface area contributed by atoms with Crippen LogP contribution in [0.25, 0.3) is 17.4 Å². The van der Waals surface area contributed by atoms with Gasteiger partial charge < -0.3 is 13.9 Å². The van der Waals surface area contributed by atoms with Crippen LogP contribution in [0.2, 0.25) is 0 Å². The van der Waals surface area contributed by atoms with Crippen molar-refractivity contribution < 1.29 is 23.6 Å². The maximum atomic E-state index is 13.8. The fraction of sp³-hybridized carbons (Fsp3) is 0.207. The van der Waals surface area contributed by atoms with Crippen molar-refractivity contribution >= 4 is 29.1 Å². The first kappa shape index (κ1) is 26.8. The lowest BCUT2D eigenvalue weighted by molar-refractivity contribution is -0.385. The Morgan fingerprint density at radius 3 is 2.60 bits per heavy atom. The van der Waals surface area contributed by atoms with E-state index >= 15 is 0 Å². The topological polar surface area (TPSA) is 126 Å². The third-order valence-electron chi connectivity index (χ3n) is 6.54. The summed E-state index contributed by atoms with van der Waals surface area (Å²) >= 11 is 1.18. The van der Waals surface area contributed by atoms with Gasteiger partial charge in [0.2, 0.25) is 0 Å². The molecule has 3 heterocycles. The third kappa shape index (κ3) is 4.87. The number of nitro groups is 1. The molecule has 2 aromatic carbocycles. The van der Waals surface area contributed by atoms with Crippen molar-refractivity contribution in [2.24, 2.45) is 4.99 Å². The number of carbonyl (C=O) groups excluding carboxylic acids is 1. The summed E-state index contributed by atoms with van der Waals surface area (Å²) in [6.07, 6.45) is 1.60. The van der Waals surface area contributed by atoms with Gasteiger partial charge in [0.15, 0.2) is 4.80 Å². The molecule has 0 radical (unpaired) electrons. The van der Waals surface area contributed by atoms with Crippen molar-refractivity contribution in [3.05, 3.63) is 113 Å². The van der Waals surface area contributed by atoms with Crippen LogP contribution in [0.1, 0.15) is 36.8 Å². The molecule has 10 nitrogen and oxygen atoms in total. The highest BCUT2D eigenvalue weighted by Crippen LogP contribution is 2.32. The Bertz CT molecular complexity index is 1850. The molecule has 4 aromatic rings. The molecule has 40 heavy (non-hydrogen) atoms. The van der Waals surface area contributed by atoms with E-state index in [0.717, 1.165) is 0 Å². The van der Waals surface area contributed by atoms with Crippen molar-refractivity contribution in [3.8, 4) is 17.1 Å². The summed E-state index contributed by atoms with van der Waals surface area (Å²) in [5.74, 6) is 0.924. The Kier molecular flexibility index (Phi) is 7.22. The number of hydrogen-bond acceptors (Lipinski definition) is 9.